The van der Waals surface area contributed by atoms with Crippen molar-refractivity contribution in [2.75, 3.05) is 5.32 Å². The first-order valence-corrected chi connectivity index (χ1v) is 10.9. The molecule has 4 aromatic rings. The molecule has 0 spiro atoms. The van der Waals surface area contributed by atoms with Gasteiger partial charge in [-0.25, -0.2) is 8.78 Å². The molecule has 0 radical (unpaired) electrons. The lowest BCUT2D eigenvalue weighted by atomic mass is 9.90. The van der Waals surface area contributed by atoms with E-state index in [9.17, 15) is 17.6 Å². The third kappa shape index (κ3) is 2.90. The molecule has 2 aromatic carbocycles. The molecule has 2 aromatic heterocycles. The summed E-state index contributed by atoms with van der Waals surface area (Å²) in [6.07, 6.45) is -1.40. The van der Waals surface area contributed by atoms with E-state index < -0.39 is 34.5 Å². The van der Waals surface area contributed by atoms with Crippen molar-refractivity contribution in [1.82, 2.24) is 19.3 Å². The maximum atomic E-state index is 15.6. The Morgan fingerprint density at radius 1 is 1.09 bits per heavy atom. The van der Waals surface area contributed by atoms with Gasteiger partial charge in [-0.15, -0.1) is 10.2 Å². The van der Waals surface area contributed by atoms with E-state index in [1.165, 1.54) is 10.6 Å². The van der Waals surface area contributed by atoms with Crippen molar-refractivity contribution >= 4 is 16.6 Å². The van der Waals surface area contributed by atoms with Gasteiger partial charge in [-0.3, -0.25) is 4.57 Å². The van der Waals surface area contributed by atoms with Crippen LogP contribution in [-0.4, -0.2) is 19.3 Å². The maximum Gasteiger partial charge on any atom is 0.419 e. The average molecular weight is 473 g/mol. The monoisotopic (exact) mass is 473 g/mol. The number of nitrogens with zero attached hydrogens (tertiary/aromatic N) is 4. The number of halogens is 5. The van der Waals surface area contributed by atoms with Gasteiger partial charge in [-0.05, 0) is 63.4 Å². The predicted molar refractivity (Wildman–Crippen MR) is 117 cm³/mol. The van der Waals surface area contributed by atoms with Gasteiger partial charge in [-0.1, -0.05) is 0 Å². The molecule has 176 valence electrons. The SMILES string of the molecule is Cc1nnc2n1-c1c(cc(F)c(-c3cc(F)cc4c3ccn4C3CC3)c1C(F)(F)F)NC2(C)C. The molecule has 34 heavy (non-hydrogen) atoms. The van der Waals surface area contributed by atoms with Crippen LogP contribution >= 0.6 is 0 Å². The minimum atomic E-state index is -4.95. The van der Waals surface area contributed by atoms with E-state index >= 15 is 4.39 Å². The summed E-state index contributed by atoms with van der Waals surface area (Å²) in [7, 11) is 0. The Bertz CT molecular complexity index is 1490. The van der Waals surface area contributed by atoms with Gasteiger partial charge in [0.2, 0.25) is 0 Å². The van der Waals surface area contributed by atoms with Crippen molar-refractivity contribution in [3.8, 4) is 16.8 Å². The lowest BCUT2D eigenvalue weighted by molar-refractivity contribution is -0.137. The number of rotatable bonds is 2. The molecule has 0 unspecified atom stereocenters. The minimum Gasteiger partial charge on any atom is -0.371 e. The third-order valence-corrected chi connectivity index (χ3v) is 6.60. The van der Waals surface area contributed by atoms with Crippen LogP contribution in [0.25, 0.3) is 27.7 Å². The van der Waals surface area contributed by atoms with Crippen LogP contribution in [0.15, 0.2) is 30.5 Å². The minimum absolute atomic E-state index is 0.0304. The fourth-order valence-electron chi connectivity index (χ4n) is 5.04. The molecule has 1 N–H and O–H groups in total. The number of fused-ring (bicyclic) bond motifs is 4. The highest BCUT2D eigenvalue weighted by molar-refractivity contribution is 5.98. The van der Waals surface area contributed by atoms with E-state index in [0.717, 1.165) is 25.0 Å². The first-order chi connectivity index (χ1) is 16.0. The van der Waals surface area contributed by atoms with Crippen LogP contribution in [-0.2, 0) is 11.7 Å². The van der Waals surface area contributed by atoms with Crippen LogP contribution in [0.1, 0.15) is 49.9 Å². The van der Waals surface area contributed by atoms with Crippen molar-refractivity contribution in [1.29, 1.82) is 0 Å². The summed E-state index contributed by atoms with van der Waals surface area (Å²) in [5.74, 6) is -1.31. The second-order valence-corrected chi connectivity index (χ2v) is 9.50. The molecule has 5 nitrogen and oxygen atoms in total. The Kier molecular flexibility index (Phi) is 4.09. The number of aryl methyl sites for hydroxylation is 1. The van der Waals surface area contributed by atoms with Crippen molar-refractivity contribution in [2.24, 2.45) is 0 Å². The number of nitrogens with one attached hydrogen (secondary N) is 1. The Morgan fingerprint density at radius 3 is 2.50 bits per heavy atom. The number of benzene rings is 2. The molecule has 10 heteroatoms. The Hall–Kier alpha value is -3.43. The molecule has 0 atom stereocenters. The van der Waals surface area contributed by atoms with Gasteiger partial charge >= 0.3 is 6.18 Å². The Morgan fingerprint density at radius 2 is 1.82 bits per heavy atom. The van der Waals surface area contributed by atoms with Gasteiger partial charge in [0.05, 0.1) is 28.0 Å². The number of alkyl halides is 3. The first kappa shape index (κ1) is 21.1. The molecular weight excluding hydrogens is 453 g/mol. The molecule has 1 saturated carbocycles. The highest BCUT2D eigenvalue weighted by atomic mass is 19.4. The van der Waals surface area contributed by atoms with E-state index in [0.29, 0.717) is 10.9 Å². The summed E-state index contributed by atoms with van der Waals surface area (Å²) >= 11 is 0. The van der Waals surface area contributed by atoms with Crippen LogP contribution in [0.4, 0.5) is 27.6 Å². The summed E-state index contributed by atoms with van der Waals surface area (Å²) in [5.41, 5.74) is -2.79. The van der Waals surface area contributed by atoms with Crippen LogP contribution < -0.4 is 5.32 Å². The van der Waals surface area contributed by atoms with Gasteiger partial charge in [0.15, 0.2) is 5.82 Å². The molecule has 3 heterocycles. The van der Waals surface area contributed by atoms with Crippen LogP contribution in [0.3, 0.4) is 0 Å². The van der Waals surface area contributed by atoms with Gasteiger partial charge in [-0.2, -0.15) is 13.2 Å². The number of hydrogen-bond acceptors (Lipinski definition) is 3. The van der Waals surface area contributed by atoms with Crippen molar-refractivity contribution < 1.29 is 22.0 Å². The van der Waals surface area contributed by atoms with E-state index in [4.69, 9.17) is 0 Å². The zero-order valence-electron chi connectivity index (χ0n) is 18.6. The highest BCUT2D eigenvalue weighted by Gasteiger charge is 2.45. The van der Waals surface area contributed by atoms with Gasteiger partial charge in [0.25, 0.3) is 0 Å². The van der Waals surface area contributed by atoms with Gasteiger partial charge in [0, 0.05) is 23.2 Å². The fraction of sp³-hybridized carbons (Fsp3) is 0.333. The topological polar surface area (TPSA) is 47.7 Å². The summed E-state index contributed by atoms with van der Waals surface area (Å²) in [5, 5.41) is 11.4. The molecule has 1 fully saturated rings. The smallest absolute Gasteiger partial charge is 0.371 e. The average Bonchev–Trinajstić information content (AvgIpc) is 3.36. The van der Waals surface area contributed by atoms with Crippen molar-refractivity contribution in [3.63, 3.8) is 0 Å². The van der Waals surface area contributed by atoms with Gasteiger partial charge < -0.3 is 9.88 Å². The summed E-state index contributed by atoms with van der Waals surface area (Å²) in [4.78, 5) is 0. The lowest BCUT2D eigenvalue weighted by Gasteiger charge is -2.36. The summed E-state index contributed by atoms with van der Waals surface area (Å²) < 4.78 is 77.7. The summed E-state index contributed by atoms with van der Waals surface area (Å²) in [6.45, 7) is 5.00. The molecule has 1 aliphatic heterocycles. The third-order valence-electron chi connectivity index (χ3n) is 6.60. The Balaban J connectivity index is 1.74. The molecule has 0 amide bonds. The molecule has 1 aliphatic carbocycles. The maximum absolute atomic E-state index is 15.6. The summed E-state index contributed by atoms with van der Waals surface area (Å²) in [6, 6.07) is 5.10. The quantitative estimate of drug-likeness (QED) is 0.339. The number of hydrogen-bond donors (Lipinski definition) is 1. The predicted octanol–water partition coefficient (Wildman–Crippen LogP) is 6.49. The van der Waals surface area contributed by atoms with E-state index in [2.05, 4.69) is 15.5 Å². The number of anilines is 1. The first-order valence-electron chi connectivity index (χ1n) is 10.9. The number of aromatic nitrogens is 4. The highest BCUT2D eigenvalue weighted by Crippen LogP contribution is 2.50. The van der Waals surface area contributed by atoms with Crippen molar-refractivity contribution in [2.45, 2.75) is 51.4 Å². The van der Waals surface area contributed by atoms with Crippen LogP contribution in [0.2, 0.25) is 0 Å². The molecule has 6 rings (SSSR count). The largest absolute Gasteiger partial charge is 0.419 e. The Labute approximate surface area is 191 Å². The van der Waals surface area contributed by atoms with E-state index in [1.54, 1.807) is 33.0 Å². The van der Waals surface area contributed by atoms with E-state index in [1.807, 2.05) is 4.57 Å². The lowest BCUT2D eigenvalue weighted by Crippen LogP contribution is -2.37. The zero-order valence-corrected chi connectivity index (χ0v) is 18.6. The van der Waals surface area contributed by atoms with E-state index in [-0.39, 0.29) is 34.6 Å². The molecule has 0 saturated heterocycles. The second-order valence-electron chi connectivity index (χ2n) is 9.50. The molecule has 0 bridgehead atoms. The fourth-order valence-corrected chi connectivity index (χ4v) is 5.04. The van der Waals surface area contributed by atoms with Crippen molar-refractivity contribution in [3.05, 3.63) is 59.3 Å². The molecular formula is C24H20F5N5. The zero-order chi connectivity index (χ0) is 24.2. The molecule has 2 aliphatic rings. The van der Waals surface area contributed by atoms with Gasteiger partial charge in [0.1, 0.15) is 17.5 Å². The standard InChI is InChI=1S/C24H20F5N5/c1-11-31-32-22-23(2,3)30-17-10-16(26)19(20(24(27,28)29)21(17)34(11)22)15-8-12(25)9-18-14(15)6-7-33(18)13-4-5-13/h6-10,13,30H,4-5H2,1-3H3. The van der Waals surface area contributed by atoms with Crippen LogP contribution in [0, 0.1) is 18.6 Å². The van der Waals surface area contributed by atoms with Crippen LogP contribution in [0.5, 0.6) is 0 Å². The normalized spacial score (nSPS) is 16.9. The second kappa shape index (κ2) is 6.58.